The predicted molar refractivity (Wildman–Crippen MR) is 108 cm³/mol. The van der Waals surface area contributed by atoms with Gasteiger partial charge in [0.2, 0.25) is 0 Å². The Bertz CT molecular complexity index is 779. The van der Waals surface area contributed by atoms with E-state index in [1.54, 1.807) is 24.3 Å². The molecule has 0 unspecified atom stereocenters. The number of hydrogen-bond acceptors (Lipinski definition) is 3. The number of nitrogens with zero attached hydrogens (tertiary/aromatic N) is 2. The monoisotopic (exact) mass is 366 g/mol. The summed E-state index contributed by atoms with van der Waals surface area (Å²) in [6.45, 7) is 5.37. The number of likely N-dealkylation sites (N-methyl/N-ethyl adjacent to an activating group) is 1. The fourth-order valence-electron chi connectivity index (χ4n) is 3.01. The van der Waals surface area contributed by atoms with Crippen LogP contribution in [0.25, 0.3) is 0 Å². The number of benzene rings is 2. The Morgan fingerprint density at radius 1 is 0.852 bits per heavy atom. The maximum absolute atomic E-state index is 12.5. The molecule has 142 valence electrons. The molecule has 0 aromatic heterocycles. The minimum absolute atomic E-state index is 0.0371. The fourth-order valence-corrected chi connectivity index (χ4v) is 3.01. The number of rotatable bonds is 4. The molecule has 1 aliphatic heterocycles. The van der Waals surface area contributed by atoms with Crippen LogP contribution in [0.3, 0.4) is 0 Å². The average molecular weight is 366 g/mol. The first kappa shape index (κ1) is 18.9. The molecule has 6 nitrogen and oxygen atoms in total. The number of carbonyl (C=O) groups excluding carboxylic acids is 2. The minimum atomic E-state index is -0.308. The zero-order valence-electron chi connectivity index (χ0n) is 15.9. The number of aryl methyl sites for hydroxylation is 1. The number of nitrogens with one attached hydrogen (secondary N) is 2. The topological polar surface area (TPSA) is 64.7 Å². The Kier molecular flexibility index (Phi) is 6.08. The Morgan fingerprint density at radius 3 is 1.89 bits per heavy atom. The second-order valence-electron chi connectivity index (χ2n) is 6.80. The molecular formula is C21H26N4O2. The molecule has 0 saturated carbocycles. The van der Waals surface area contributed by atoms with E-state index in [0.717, 1.165) is 38.3 Å². The van der Waals surface area contributed by atoms with E-state index in [-0.39, 0.29) is 11.9 Å². The molecule has 1 aliphatic rings. The third-order valence-corrected chi connectivity index (χ3v) is 4.80. The van der Waals surface area contributed by atoms with Gasteiger partial charge in [-0.2, -0.15) is 0 Å². The largest absolute Gasteiger partial charge is 0.336 e. The molecule has 1 heterocycles. The molecule has 1 fully saturated rings. The van der Waals surface area contributed by atoms with Crippen molar-refractivity contribution >= 4 is 23.3 Å². The van der Waals surface area contributed by atoms with E-state index in [1.165, 1.54) is 5.56 Å². The maximum Gasteiger partial charge on any atom is 0.323 e. The van der Waals surface area contributed by atoms with Crippen LogP contribution in [0.2, 0.25) is 0 Å². The third-order valence-electron chi connectivity index (χ3n) is 4.80. The van der Waals surface area contributed by atoms with Crippen molar-refractivity contribution in [2.24, 2.45) is 0 Å². The van der Waals surface area contributed by atoms with Gasteiger partial charge < -0.3 is 20.4 Å². The van der Waals surface area contributed by atoms with E-state index >= 15 is 0 Å². The van der Waals surface area contributed by atoms with Crippen LogP contribution < -0.4 is 10.6 Å². The number of piperazine rings is 1. The molecule has 3 amide bonds. The first-order valence-corrected chi connectivity index (χ1v) is 9.30. The highest BCUT2D eigenvalue weighted by Gasteiger charge is 2.20. The van der Waals surface area contributed by atoms with Gasteiger partial charge in [-0.25, -0.2) is 4.79 Å². The highest BCUT2D eigenvalue weighted by Crippen LogP contribution is 2.14. The number of anilines is 2. The zero-order valence-corrected chi connectivity index (χ0v) is 15.9. The van der Waals surface area contributed by atoms with Crippen LogP contribution in [0.4, 0.5) is 16.2 Å². The fraction of sp³-hybridized carbons (Fsp3) is 0.333. The van der Waals surface area contributed by atoms with Crippen molar-refractivity contribution in [2.45, 2.75) is 13.3 Å². The number of carbonyl (C=O) groups is 2. The second kappa shape index (κ2) is 8.68. The van der Waals surface area contributed by atoms with Crippen LogP contribution in [0, 0.1) is 0 Å². The Balaban J connectivity index is 1.55. The van der Waals surface area contributed by atoms with E-state index < -0.39 is 0 Å². The second-order valence-corrected chi connectivity index (χ2v) is 6.80. The third kappa shape index (κ3) is 5.08. The smallest absolute Gasteiger partial charge is 0.323 e. The number of hydrogen-bond donors (Lipinski definition) is 2. The van der Waals surface area contributed by atoms with E-state index in [9.17, 15) is 9.59 Å². The summed E-state index contributed by atoms with van der Waals surface area (Å²) in [5, 5.41) is 5.59. The molecule has 3 rings (SSSR count). The highest BCUT2D eigenvalue weighted by atomic mass is 16.2. The SMILES string of the molecule is CCc1ccc(NC(=O)Nc2ccc(C(=O)N3CCN(C)CC3)cc2)cc1. The van der Waals surface area contributed by atoms with Gasteiger partial charge in [0.1, 0.15) is 0 Å². The van der Waals surface area contributed by atoms with E-state index in [0.29, 0.717) is 11.3 Å². The summed E-state index contributed by atoms with van der Waals surface area (Å²) in [4.78, 5) is 28.8. The van der Waals surface area contributed by atoms with Gasteiger partial charge in [0.05, 0.1) is 0 Å². The molecule has 2 N–H and O–H groups in total. The molecule has 1 saturated heterocycles. The summed E-state index contributed by atoms with van der Waals surface area (Å²) >= 11 is 0. The van der Waals surface area contributed by atoms with Crippen LogP contribution in [-0.4, -0.2) is 55.0 Å². The number of urea groups is 1. The Morgan fingerprint density at radius 2 is 1.37 bits per heavy atom. The van der Waals surface area contributed by atoms with Gasteiger partial charge in [-0.1, -0.05) is 19.1 Å². The lowest BCUT2D eigenvalue weighted by molar-refractivity contribution is 0.0664. The van der Waals surface area contributed by atoms with Crippen LogP contribution in [0.15, 0.2) is 48.5 Å². The molecule has 0 spiro atoms. The first-order valence-electron chi connectivity index (χ1n) is 9.30. The van der Waals surface area contributed by atoms with Crippen LogP contribution in [0.1, 0.15) is 22.8 Å². The lowest BCUT2D eigenvalue weighted by Crippen LogP contribution is -2.47. The minimum Gasteiger partial charge on any atom is -0.336 e. The first-order chi connectivity index (χ1) is 13.0. The summed E-state index contributed by atoms with van der Waals surface area (Å²) < 4.78 is 0. The van der Waals surface area contributed by atoms with Crippen LogP contribution in [-0.2, 0) is 6.42 Å². The van der Waals surface area contributed by atoms with Crippen LogP contribution >= 0.6 is 0 Å². The highest BCUT2D eigenvalue weighted by molar-refractivity contribution is 6.00. The predicted octanol–water partition coefficient (Wildman–Crippen LogP) is 3.28. The van der Waals surface area contributed by atoms with E-state index in [4.69, 9.17) is 0 Å². The molecular weight excluding hydrogens is 340 g/mol. The molecule has 6 heteroatoms. The molecule has 27 heavy (non-hydrogen) atoms. The molecule has 0 atom stereocenters. The van der Waals surface area contributed by atoms with Gasteiger partial charge in [0, 0.05) is 43.1 Å². The van der Waals surface area contributed by atoms with Gasteiger partial charge in [-0.05, 0) is 55.4 Å². The molecule has 0 bridgehead atoms. The lowest BCUT2D eigenvalue weighted by atomic mass is 10.1. The molecule has 0 radical (unpaired) electrons. The molecule has 2 aromatic rings. The van der Waals surface area contributed by atoms with Gasteiger partial charge >= 0.3 is 6.03 Å². The number of amides is 3. The van der Waals surface area contributed by atoms with E-state index in [2.05, 4.69) is 29.5 Å². The quantitative estimate of drug-likeness (QED) is 0.873. The van der Waals surface area contributed by atoms with E-state index in [1.807, 2.05) is 29.2 Å². The standard InChI is InChI=1S/C21H26N4O2/c1-3-16-4-8-18(9-5-16)22-21(27)23-19-10-6-17(7-11-19)20(26)25-14-12-24(2)13-15-25/h4-11H,3,12-15H2,1-2H3,(H2,22,23,27). The Labute approximate surface area is 160 Å². The van der Waals surface area contributed by atoms with Gasteiger partial charge in [0.15, 0.2) is 0 Å². The van der Waals surface area contributed by atoms with Crippen molar-refractivity contribution in [3.63, 3.8) is 0 Å². The summed E-state index contributed by atoms with van der Waals surface area (Å²) in [5.74, 6) is 0.0371. The van der Waals surface area contributed by atoms with Gasteiger partial charge in [-0.15, -0.1) is 0 Å². The normalized spacial score (nSPS) is 14.7. The summed E-state index contributed by atoms with van der Waals surface area (Å²) in [6, 6.07) is 14.5. The van der Waals surface area contributed by atoms with Gasteiger partial charge in [-0.3, -0.25) is 4.79 Å². The van der Waals surface area contributed by atoms with Crippen molar-refractivity contribution in [3.05, 3.63) is 59.7 Å². The van der Waals surface area contributed by atoms with Crippen molar-refractivity contribution in [2.75, 3.05) is 43.9 Å². The van der Waals surface area contributed by atoms with Crippen LogP contribution in [0.5, 0.6) is 0 Å². The summed E-state index contributed by atoms with van der Waals surface area (Å²) in [7, 11) is 2.06. The molecule has 0 aliphatic carbocycles. The zero-order chi connectivity index (χ0) is 19.2. The van der Waals surface area contributed by atoms with Gasteiger partial charge in [0.25, 0.3) is 5.91 Å². The maximum atomic E-state index is 12.5. The summed E-state index contributed by atoms with van der Waals surface area (Å²) in [5.41, 5.74) is 3.25. The lowest BCUT2D eigenvalue weighted by Gasteiger charge is -2.32. The molecule has 2 aromatic carbocycles. The average Bonchev–Trinajstić information content (AvgIpc) is 2.69. The Hall–Kier alpha value is -2.86. The van der Waals surface area contributed by atoms with Crippen molar-refractivity contribution in [1.29, 1.82) is 0 Å². The van der Waals surface area contributed by atoms with Crippen molar-refractivity contribution in [1.82, 2.24) is 9.80 Å². The van der Waals surface area contributed by atoms with Crippen molar-refractivity contribution < 1.29 is 9.59 Å². The van der Waals surface area contributed by atoms with Crippen molar-refractivity contribution in [3.8, 4) is 0 Å². The summed E-state index contributed by atoms with van der Waals surface area (Å²) in [6.07, 6.45) is 0.964.